The van der Waals surface area contributed by atoms with Gasteiger partial charge in [0.2, 0.25) is 11.7 Å². The first-order valence-electron chi connectivity index (χ1n) is 13.8. The van der Waals surface area contributed by atoms with Crippen molar-refractivity contribution in [3.05, 3.63) is 81.1 Å². The van der Waals surface area contributed by atoms with Crippen LogP contribution in [0.1, 0.15) is 31.2 Å². The van der Waals surface area contributed by atoms with E-state index in [1.807, 2.05) is 0 Å². The molecular formula is C29H34ClN9O4. The van der Waals surface area contributed by atoms with Crippen LogP contribution in [0.25, 0.3) is 22.5 Å². The van der Waals surface area contributed by atoms with Gasteiger partial charge in [-0.15, -0.1) is 22.6 Å². The number of nitrogens with two attached hydrogens (primary N) is 2. The predicted octanol–water partition coefficient (Wildman–Crippen LogP) is 1.54. The van der Waals surface area contributed by atoms with Gasteiger partial charge in [0.05, 0.1) is 17.3 Å². The van der Waals surface area contributed by atoms with E-state index in [-0.39, 0.29) is 30.7 Å². The standard InChI is InChI=1S/C29H33N9O4.ClH/c1-37-16-23(26(39)32-29(37)42)19-6-2-17(3-7-19)14-24(31)28(41)38(27(40)21-8-4-18(15-30)5-9-21)22-12-10-20(11-13-22)25-33-35-36-34-25;/h2-3,6-7,10-13,16,18,21,24H,4-5,8-9,14-15,30-31H2,1H3,(H,32,39,42)(H,33,34,35,36);1H/t18-,21-,24-;/m0./s1. The van der Waals surface area contributed by atoms with Crippen LogP contribution in [0.2, 0.25) is 0 Å². The van der Waals surface area contributed by atoms with Crippen LogP contribution in [0.15, 0.2) is 64.3 Å². The third-order valence-electron chi connectivity index (χ3n) is 7.85. The zero-order chi connectivity index (χ0) is 29.8. The van der Waals surface area contributed by atoms with E-state index in [0.717, 1.165) is 18.4 Å². The van der Waals surface area contributed by atoms with Crippen LogP contribution >= 0.6 is 12.4 Å². The van der Waals surface area contributed by atoms with Gasteiger partial charge < -0.3 is 16.0 Å². The maximum Gasteiger partial charge on any atom is 0.328 e. The summed E-state index contributed by atoms with van der Waals surface area (Å²) in [5, 5.41) is 13.9. The smallest absolute Gasteiger partial charge is 0.328 e. The summed E-state index contributed by atoms with van der Waals surface area (Å²) in [6, 6.07) is 12.8. The first-order valence-corrected chi connectivity index (χ1v) is 13.8. The highest BCUT2D eigenvalue weighted by Crippen LogP contribution is 2.32. The van der Waals surface area contributed by atoms with E-state index in [1.54, 1.807) is 55.6 Å². The minimum Gasteiger partial charge on any atom is -0.330 e. The Kier molecular flexibility index (Phi) is 10.0. The lowest BCUT2D eigenvalue weighted by molar-refractivity contribution is -0.130. The average Bonchev–Trinajstić information content (AvgIpc) is 3.55. The van der Waals surface area contributed by atoms with Gasteiger partial charge in [-0.25, -0.2) is 9.69 Å². The van der Waals surface area contributed by atoms with Gasteiger partial charge in [-0.1, -0.05) is 24.3 Å². The molecule has 0 saturated heterocycles. The molecule has 1 aliphatic rings. The number of hydrogen-bond donors (Lipinski definition) is 4. The minimum absolute atomic E-state index is 0. The average molecular weight is 608 g/mol. The molecule has 0 unspecified atom stereocenters. The van der Waals surface area contributed by atoms with Crippen molar-refractivity contribution in [2.45, 2.75) is 38.1 Å². The second-order valence-electron chi connectivity index (χ2n) is 10.7. The van der Waals surface area contributed by atoms with E-state index in [2.05, 4.69) is 25.6 Å². The summed E-state index contributed by atoms with van der Waals surface area (Å²) in [6.45, 7) is 0.585. The second-order valence-corrected chi connectivity index (χ2v) is 10.7. The molecule has 6 N–H and O–H groups in total. The van der Waals surface area contributed by atoms with Gasteiger partial charge >= 0.3 is 5.69 Å². The zero-order valence-electron chi connectivity index (χ0n) is 23.6. The number of imide groups is 1. The van der Waals surface area contributed by atoms with Crippen molar-refractivity contribution in [3.8, 4) is 22.5 Å². The van der Waals surface area contributed by atoms with Crippen LogP contribution in [-0.2, 0) is 23.1 Å². The van der Waals surface area contributed by atoms with E-state index in [4.69, 9.17) is 11.5 Å². The molecule has 0 spiro atoms. The molecule has 13 nitrogen and oxygen atoms in total. The molecule has 14 heteroatoms. The Labute approximate surface area is 253 Å². The number of aromatic amines is 2. The Balaban J connectivity index is 0.00000423. The van der Waals surface area contributed by atoms with Crippen LogP contribution in [0.3, 0.4) is 0 Å². The molecule has 0 aliphatic heterocycles. The fourth-order valence-electron chi connectivity index (χ4n) is 5.33. The van der Waals surface area contributed by atoms with E-state index in [0.29, 0.717) is 53.5 Å². The third-order valence-corrected chi connectivity index (χ3v) is 7.85. The molecule has 226 valence electrons. The van der Waals surface area contributed by atoms with Gasteiger partial charge in [-0.05, 0) is 85.2 Å². The van der Waals surface area contributed by atoms with Crippen molar-refractivity contribution in [2.75, 3.05) is 11.4 Å². The molecule has 2 heterocycles. The number of carbonyl (C=O) groups excluding carboxylic acids is 2. The SMILES string of the molecule is Cl.Cn1cc(-c2ccc(C[C@H](N)C(=O)N(c3ccc(-c4nn[nH]n4)cc3)C(=O)[C@H]3CC[C@H](CN)CC3)cc2)c(=O)[nH]c1=O. The van der Waals surface area contributed by atoms with Crippen molar-refractivity contribution in [1.29, 1.82) is 0 Å². The number of amides is 2. The molecule has 0 bridgehead atoms. The number of hydrogen-bond acceptors (Lipinski definition) is 9. The van der Waals surface area contributed by atoms with Crippen molar-refractivity contribution >= 4 is 29.9 Å². The highest BCUT2D eigenvalue weighted by Gasteiger charge is 2.35. The number of carbonyl (C=O) groups is 2. The topological polar surface area (TPSA) is 199 Å². The monoisotopic (exact) mass is 607 g/mol. The lowest BCUT2D eigenvalue weighted by atomic mass is 9.81. The van der Waals surface area contributed by atoms with Crippen LogP contribution in [0.5, 0.6) is 0 Å². The molecule has 2 aromatic carbocycles. The number of rotatable bonds is 8. The van der Waals surface area contributed by atoms with Crippen molar-refractivity contribution in [2.24, 2.45) is 30.4 Å². The van der Waals surface area contributed by atoms with Gasteiger partial charge in [0.25, 0.3) is 11.5 Å². The molecule has 1 atom stereocenters. The predicted molar refractivity (Wildman–Crippen MR) is 163 cm³/mol. The third kappa shape index (κ3) is 6.96. The Bertz CT molecular complexity index is 1660. The Morgan fingerprint density at radius 3 is 2.28 bits per heavy atom. The van der Waals surface area contributed by atoms with Crippen LogP contribution in [0.4, 0.5) is 5.69 Å². The maximum atomic E-state index is 13.8. The molecule has 4 aromatic rings. The fourth-order valence-corrected chi connectivity index (χ4v) is 5.33. The first kappa shape index (κ1) is 31.5. The Hall–Kier alpha value is -4.46. The van der Waals surface area contributed by atoms with Gasteiger partial charge in [0.1, 0.15) is 0 Å². The highest BCUT2D eigenvalue weighted by molar-refractivity contribution is 6.17. The maximum absolute atomic E-state index is 13.8. The number of nitrogens with one attached hydrogen (secondary N) is 2. The van der Waals surface area contributed by atoms with Crippen molar-refractivity contribution in [3.63, 3.8) is 0 Å². The van der Waals surface area contributed by atoms with Crippen LogP contribution < -0.4 is 27.6 Å². The van der Waals surface area contributed by atoms with Gasteiger partial charge in [0, 0.05) is 24.7 Å². The zero-order valence-corrected chi connectivity index (χ0v) is 24.4. The molecule has 43 heavy (non-hydrogen) atoms. The van der Waals surface area contributed by atoms with Crippen LogP contribution in [0, 0.1) is 11.8 Å². The number of halogens is 1. The summed E-state index contributed by atoms with van der Waals surface area (Å²) in [4.78, 5) is 55.1. The molecule has 2 amide bonds. The van der Waals surface area contributed by atoms with Crippen LogP contribution in [-0.4, -0.2) is 54.6 Å². The molecule has 1 saturated carbocycles. The first-order chi connectivity index (χ1) is 20.2. The van der Waals surface area contributed by atoms with Crippen molar-refractivity contribution < 1.29 is 9.59 Å². The van der Waals surface area contributed by atoms with E-state index >= 15 is 0 Å². The second kappa shape index (κ2) is 13.7. The molecule has 0 radical (unpaired) electrons. The summed E-state index contributed by atoms with van der Waals surface area (Å²) in [6.07, 6.45) is 4.64. The Morgan fingerprint density at radius 1 is 1.02 bits per heavy atom. The molecule has 2 aromatic heterocycles. The molecular weight excluding hydrogens is 574 g/mol. The Morgan fingerprint density at radius 2 is 1.67 bits per heavy atom. The summed E-state index contributed by atoms with van der Waals surface area (Å²) >= 11 is 0. The summed E-state index contributed by atoms with van der Waals surface area (Å²) in [7, 11) is 1.55. The van der Waals surface area contributed by atoms with Crippen molar-refractivity contribution in [1.82, 2.24) is 30.2 Å². The van der Waals surface area contributed by atoms with Gasteiger partial charge in [-0.3, -0.25) is 19.4 Å². The van der Waals surface area contributed by atoms with Gasteiger partial charge in [0.15, 0.2) is 0 Å². The number of benzene rings is 2. The summed E-state index contributed by atoms with van der Waals surface area (Å²) < 4.78 is 1.29. The number of aromatic nitrogens is 6. The number of nitrogens with zero attached hydrogens (tertiary/aromatic N) is 5. The molecule has 1 fully saturated rings. The largest absolute Gasteiger partial charge is 0.330 e. The molecule has 5 rings (SSSR count). The van der Waals surface area contributed by atoms with E-state index in [9.17, 15) is 19.2 Å². The normalized spacial score (nSPS) is 17.1. The minimum atomic E-state index is -1.00. The lowest BCUT2D eigenvalue weighted by Gasteiger charge is -2.32. The summed E-state index contributed by atoms with van der Waals surface area (Å²) in [5.41, 5.74) is 14.1. The number of anilines is 1. The molecule has 1 aliphatic carbocycles. The number of aryl methyl sites for hydroxylation is 1. The number of tetrazole rings is 1. The number of H-pyrrole nitrogens is 2. The lowest BCUT2D eigenvalue weighted by Crippen LogP contribution is -2.50. The van der Waals surface area contributed by atoms with E-state index in [1.165, 1.54) is 15.7 Å². The highest BCUT2D eigenvalue weighted by atomic mass is 35.5. The van der Waals surface area contributed by atoms with E-state index < -0.39 is 23.2 Å². The quantitative estimate of drug-likeness (QED) is 0.229. The summed E-state index contributed by atoms with van der Waals surface area (Å²) in [5.74, 6) is -0.311. The fraction of sp³-hybridized carbons (Fsp3) is 0.345. The van der Waals surface area contributed by atoms with Gasteiger partial charge in [-0.2, -0.15) is 5.21 Å².